The van der Waals surface area contributed by atoms with E-state index in [2.05, 4.69) is 4.98 Å². The van der Waals surface area contributed by atoms with Crippen molar-refractivity contribution in [3.63, 3.8) is 0 Å². The predicted octanol–water partition coefficient (Wildman–Crippen LogP) is 3.92. The summed E-state index contributed by atoms with van der Waals surface area (Å²) < 4.78 is 33.7. The Morgan fingerprint density at radius 2 is 1.65 bits per heavy atom. The largest absolute Gasteiger partial charge is 0.427 e. The van der Waals surface area contributed by atoms with Crippen molar-refractivity contribution >= 4 is 23.8 Å². The van der Waals surface area contributed by atoms with Crippen molar-refractivity contribution in [2.75, 3.05) is 0 Å². The second-order valence-corrected chi connectivity index (χ2v) is 7.43. The van der Waals surface area contributed by atoms with Crippen LogP contribution in [0.15, 0.2) is 42.5 Å². The molecule has 1 radical (unpaired) electrons. The number of aliphatic hydroxyl groups is 1. The lowest BCUT2D eigenvalue weighted by Gasteiger charge is -2.37. The van der Waals surface area contributed by atoms with Gasteiger partial charge in [0.05, 0.1) is 22.5 Å². The number of fused-ring (bicyclic) bond motifs is 1. The van der Waals surface area contributed by atoms with Crippen LogP contribution in [-0.2, 0) is 4.65 Å². The van der Waals surface area contributed by atoms with Crippen LogP contribution >= 0.6 is 0 Å². The van der Waals surface area contributed by atoms with E-state index < -0.39 is 22.8 Å². The molecule has 0 fully saturated rings. The van der Waals surface area contributed by atoms with Gasteiger partial charge in [-0.1, -0.05) is 23.7 Å². The maximum absolute atomic E-state index is 14.0. The van der Waals surface area contributed by atoms with E-state index in [1.807, 2.05) is 18.2 Å². The Hall–Kier alpha value is -2.18. The van der Waals surface area contributed by atoms with Crippen molar-refractivity contribution in [2.45, 2.75) is 38.9 Å². The average molecular weight is 356 g/mol. The normalized spacial score (nSPS) is 12.6. The first-order valence-corrected chi connectivity index (χ1v) is 8.39. The number of halogens is 2. The molecule has 0 bridgehead atoms. The third-order valence-electron chi connectivity index (χ3n) is 4.84. The number of hydrogen-bond donors (Lipinski definition) is 2. The highest BCUT2D eigenvalue weighted by Crippen LogP contribution is 2.28. The minimum Gasteiger partial charge on any atom is -0.427 e. The van der Waals surface area contributed by atoms with Crippen LogP contribution in [0, 0.1) is 11.6 Å². The van der Waals surface area contributed by atoms with Gasteiger partial charge in [-0.05, 0) is 57.3 Å². The number of nitrogens with one attached hydrogen (secondary N) is 1. The lowest BCUT2D eigenvalue weighted by atomic mass is 9.82. The van der Waals surface area contributed by atoms with E-state index in [9.17, 15) is 13.9 Å². The standard InChI is InChI=1S/C20H21BF2NO2/c1-19(2,25)20(3,4)26-21-13-8-9-16-12(10-13)11-17(24-16)18-14(22)6-5-7-15(18)23/h5-11,24-25H,1-4H3. The summed E-state index contributed by atoms with van der Waals surface area (Å²) in [6.45, 7) is 6.98. The third-order valence-corrected chi connectivity index (χ3v) is 4.84. The molecule has 3 rings (SSSR count). The molecule has 0 atom stereocenters. The summed E-state index contributed by atoms with van der Waals surface area (Å²) in [4.78, 5) is 3.04. The van der Waals surface area contributed by atoms with Crippen molar-refractivity contribution in [3.05, 3.63) is 54.1 Å². The van der Waals surface area contributed by atoms with Gasteiger partial charge in [-0.3, -0.25) is 0 Å². The van der Waals surface area contributed by atoms with Crippen molar-refractivity contribution in [2.24, 2.45) is 0 Å². The van der Waals surface area contributed by atoms with Crippen LogP contribution in [0.1, 0.15) is 27.7 Å². The highest BCUT2D eigenvalue weighted by molar-refractivity contribution is 6.47. The summed E-state index contributed by atoms with van der Waals surface area (Å²) in [5.41, 5.74) is 0.0637. The van der Waals surface area contributed by atoms with Gasteiger partial charge in [-0.2, -0.15) is 0 Å². The van der Waals surface area contributed by atoms with Gasteiger partial charge in [-0.15, -0.1) is 0 Å². The summed E-state index contributed by atoms with van der Waals surface area (Å²) >= 11 is 0. The first-order chi connectivity index (χ1) is 12.1. The number of hydrogen-bond acceptors (Lipinski definition) is 2. The second-order valence-electron chi connectivity index (χ2n) is 7.43. The molecule has 6 heteroatoms. The molecule has 2 aromatic carbocycles. The molecule has 0 saturated carbocycles. The van der Waals surface area contributed by atoms with E-state index in [4.69, 9.17) is 4.65 Å². The SMILES string of the molecule is CC(C)(O)C(C)(C)O[B]c1ccc2[nH]c(-c3c(F)cccc3F)cc2c1. The van der Waals surface area contributed by atoms with Gasteiger partial charge >= 0.3 is 7.48 Å². The first-order valence-electron chi connectivity index (χ1n) is 8.39. The third kappa shape index (κ3) is 3.52. The lowest BCUT2D eigenvalue weighted by Crippen LogP contribution is -2.49. The molecule has 26 heavy (non-hydrogen) atoms. The summed E-state index contributed by atoms with van der Waals surface area (Å²) in [6, 6.07) is 11.0. The number of H-pyrrole nitrogens is 1. The molecule has 135 valence electrons. The summed E-state index contributed by atoms with van der Waals surface area (Å²) in [6.07, 6.45) is 0. The van der Waals surface area contributed by atoms with Crippen LogP contribution in [0.25, 0.3) is 22.2 Å². The highest BCUT2D eigenvalue weighted by atomic mass is 19.1. The average Bonchev–Trinajstić information content (AvgIpc) is 2.94. The number of aromatic amines is 1. The van der Waals surface area contributed by atoms with Gasteiger partial charge in [0.1, 0.15) is 11.6 Å². The van der Waals surface area contributed by atoms with E-state index in [0.717, 1.165) is 16.4 Å². The molecule has 0 amide bonds. The van der Waals surface area contributed by atoms with E-state index in [1.54, 1.807) is 41.2 Å². The Morgan fingerprint density at radius 3 is 2.27 bits per heavy atom. The molecule has 0 unspecified atom stereocenters. The van der Waals surface area contributed by atoms with E-state index in [0.29, 0.717) is 5.69 Å². The van der Waals surface area contributed by atoms with E-state index >= 15 is 0 Å². The Morgan fingerprint density at radius 1 is 1.00 bits per heavy atom. The van der Waals surface area contributed by atoms with Gasteiger partial charge in [0.2, 0.25) is 0 Å². The fraction of sp³-hybridized carbons (Fsp3) is 0.300. The minimum absolute atomic E-state index is 0.0753. The fourth-order valence-electron chi connectivity index (χ4n) is 2.47. The van der Waals surface area contributed by atoms with E-state index in [1.165, 1.54) is 18.2 Å². The number of rotatable bonds is 5. The molecule has 2 N–H and O–H groups in total. The monoisotopic (exact) mass is 356 g/mol. The quantitative estimate of drug-likeness (QED) is 0.681. The summed E-state index contributed by atoms with van der Waals surface area (Å²) in [5.74, 6) is -1.22. The Bertz CT molecular complexity index is 924. The Labute approximate surface area is 152 Å². The highest BCUT2D eigenvalue weighted by Gasteiger charge is 2.35. The Balaban J connectivity index is 1.89. The zero-order chi connectivity index (χ0) is 19.1. The maximum atomic E-state index is 14.0. The van der Waals surface area contributed by atoms with Gasteiger partial charge < -0.3 is 14.7 Å². The number of benzene rings is 2. The molecule has 0 saturated heterocycles. The number of aromatic nitrogens is 1. The van der Waals surface area contributed by atoms with Gasteiger partial charge in [0.25, 0.3) is 0 Å². The molecule has 3 aromatic rings. The lowest BCUT2D eigenvalue weighted by molar-refractivity contribution is -0.0893. The van der Waals surface area contributed by atoms with Crippen molar-refractivity contribution in [3.8, 4) is 11.3 Å². The zero-order valence-electron chi connectivity index (χ0n) is 15.2. The summed E-state index contributed by atoms with van der Waals surface area (Å²) in [5, 5.41) is 11.0. The zero-order valence-corrected chi connectivity index (χ0v) is 15.2. The molecule has 1 heterocycles. The molecule has 0 aliphatic carbocycles. The molecule has 0 aliphatic heterocycles. The molecule has 0 spiro atoms. The van der Waals surface area contributed by atoms with Crippen LogP contribution in [0.3, 0.4) is 0 Å². The summed E-state index contributed by atoms with van der Waals surface area (Å²) in [7, 11) is 1.58. The maximum Gasteiger partial charge on any atom is 0.330 e. The van der Waals surface area contributed by atoms with Gasteiger partial charge in [0.15, 0.2) is 0 Å². The van der Waals surface area contributed by atoms with Crippen LogP contribution in [0.5, 0.6) is 0 Å². The van der Waals surface area contributed by atoms with Crippen LogP contribution in [0.4, 0.5) is 8.78 Å². The van der Waals surface area contributed by atoms with E-state index in [-0.39, 0.29) is 5.56 Å². The molecule has 0 aliphatic rings. The van der Waals surface area contributed by atoms with Crippen molar-refractivity contribution in [1.29, 1.82) is 0 Å². The smallest absolute Gasteiger partial charge is 0.330 e. The predicted molar refractivity (Wildman–Crippen MR) is 101 cm³/mol. The van der Waals surface area contributed by atoms with Gasteiger partial charge in [-0.25, -0.2) is 8.78 Å². The Kier molecular flexibility index (Phi) is 4.67. The molecule has 1 aromatic heterocycles. The minimum atomic E-state index is -1.02. The van der Waals surface area contributed by atoms with Crippen LogP contribution in [-0.4, -0.2) is 28.8 Å². The van der Waals surface area contributed by atoms with Crippen molar-refractivity contribution in [1.82, 2.24) is 4.98 Å². The topological polar surface area (TPSA) is 45.2 Å². The molecular weight excluding hydrogens is 335 g/mol. The van der Waals surface area contributed by atoms with Crippen LogP contribution in [0.2, 0.25) is 0 Å². The van der Waals surface area contributed by atoms with Crippen molar-refractivity contribution < 1.29 is 18.5 Å². The molecular formula is C20H21BF2NO2. The second kappa shape index (κ2) is 6.52. The fourth-order valence-corrected chi connectivity index (χ4v) is 2.47. The first kappa shape index (κ1) is 18.6. The van der Waals surface area contributed by atoms with Gasteiger partial charge in [0, 0.05) is 5.52 Å². The van der Waals surface area contributed by atoms with Crippen LogP contribution < -0.4 is 5.46 Å². The molecule has 3 nitrogen and oxygen atoms in total.